The van der Waals surface area contributed by atoms with Gasteiger partial charge in [-0.25, -0.2) is 0 Å². The van der Waals surface area contributed by atoms with E-state index in [1.165, 1.54) is 0 Å². The van der Waals surface area contributed by atoms with Gasteiger partial charge in [-0.2, -0.15) is 0 Å². The Kier molecular flexibility index (Phi) is 5.22. The third-order valence-corrected chi connectivity index (χ3v) is 3.59. The number of nitrogen functional groups attached to an aromatic ring is 1. The fraction of sp³-hybridized carbons (Fsp3) is 0.188. The average Bonchev–Trinajstić information content (AvgIpc) is 2.48. The van der Waals surface area contributed by atoms with E-state index < -0.39 is 0 Å². The van der Waals surface area contributed by atoms with Crippen molar-refractivity contribution in [2.24, 2.45) is 0 Å². The first-order valence-electron chi connectivity index (χ1n) is 6.65. The number of halogens is 1. The van der Waals surface area contributed by atoms with Crippen LogP contribution in [0.25, 0.3) is 0 Å². The molecule has 5 heteroatoms. The average molecular weight is 349 g/mol. The van der Waals surface area contributed by atoms with E-state index in [9.17, 15) is 4.79 Å². The van der Waals surface area contributed by atoms with Crippen LogP contribution in [0.15, 0.2) is 46.9 Å². The topological polar surface area (TPSA) is 64.3 Å². The smallest absolute Gasteiger partial charge is 0.252 e. The van der Waals surface area contributed by atoms with Crippen molar-refractivity contribution >= 4 is 27.5 Å². The van der Waals surface area contributed by atoms with Gasteiger partial charge in [0.1, 0.15) is 5.75 Å². The van der Waals surface area contributed by atoms with E-state index in [1.807, 2.05) is 31.2 Å². The van der Waals surface area contributed by atoms with E-state index in [0.29, 0.717) is 24.4 Å². The van der Waals surface area contributed by atoms with Crippen molar-refractivity contribution in [3.63, 3.8) is 0 Å². The zero-order valence-electron chi connectivity index (χ0n) is 11.7. The molecule has 0 aliphatic carbocycles. The lowest BCUT2D eigenvalue weighted by Crippen LogP contribution is -2.23. The first-order chi connectivity index (χ1) is 10.1. The molecule has 0 saturated carbocycles. The summed E-state index contributed by atoms with van der Waals surface area (Å²) >= 11 is 3.35. The monoisotopic (exact) mass is 348 g/mol. The van der Waals surface area contributed by atoms with Gasteiger partial charge in [0.05, 0.1) is 12.2 Å². The SMILES string of the molecule is CCOc1cccc(CNC(=O)c2cc(N)ccc2Br)c1. The summed E-state index contributed by atoms with van der Waals surface area (Å²) in [4.78, 5) is 12.2. The summed E-state index contributed by atoms with van der Waals surface area (Å²) in [5, 5.41) is 2.87. The Bertz CT molecular complexity index is 644. The third kappa shape index (κ3) is 4.23. The van der Waals surface area contributed by atoms with Gasteiger partial charge in [0.15, 0.2) is 0 Å². The molecule has 0 atom stereocenters. The van der Waals surface area contributed by atoms with Crippen molar-refractivity contribution in [2.45, 2.75) is 13.5 Å². The van der Waals surface area contributed by atoms with Gasteiger partial charge in [0, 0.05) is 16.7 Å². The normalized spacial score (nSPS) is 10.2. The van der Waals surface area contributed by atoms with Gasteiger partial charge in [-0.3, -0.25) is 4.79 Å². The van der Waals surface area contributed by atoms with Crippen LogP contribution < -0.4 is 15.8 Å². The second-order valence-electron chi connectivity index (χ2n) is 4.50. The van der Waals surface area contributed by atoms with E-state index in [0.717, 1.165) is 15.8 Å². The van der Waals surface area contributed by atoms with Gasteiger partial charge in [0.2, 0.25) is 0 Å². The number of hydrogen-bond donors (Lipinski definition) is 2. The molecule has 4 nitrogen and oxygen atoms in total. The maximum atomic E-state index is 12.2. The summed E-state index contributed by atoms with van der Waals surface area (Å²) < 4.78 is 6.16. The Morgan fingerprint density at radius 1 is 1.29 bits per heavy atom. The zero-order chi connectivity index (χ0) is 15.2. The maximum absolute atomic E-state index is 12.2. The summed E-state index contributed by atoms with van der Waals surface area (Å²) in [6.45, 7) is 2.98. The molecule has 0 spiro atoms. The highest BCUT2D eigenvalue weighted by Crippen LogP contribution is 2.19. The van der Waals surface area contributed by atoms with Gasteiger partial charge < -0.3 is 15.8 Å². The number of nitrogens with one attached hydrogen (secondary N) is 1. The van der Waals surface area contributed by atoms with Crippen molar-refractivity contribution in [2.75, 3.05) is 12.3 Å². The fourth-order valence-electron chi connectivity index (χ4n) is 1.91. The van der Waals surface area contributed by atoms with Crippen LogP contribution >= 0.6 is 15.9 Å². The number of anilines is 1. The van der Waals surface area contributed by atoms with Crippen molar-refractivity contribution < 1.29 is 9.53 Å². The molecular weight excluding hydrogens is 332 g/mol. The molecule has 0 unspecified atom stereocenters. The molecule has 21 heavy (non-hydrogen) atoms. The van der Waals surface area contributed by atoms with Crippen LogP contribution in [0.5, 0.6) is 5.75 Å². The molecule has 0 radical (unpaired) electrons. The van der Waals surface area contributed by atoms with Crippen molar-refractivity contribution in [1.29, 1.82) is 0 Å². The molecular formula is C16H17BrN2O2. The number of amides is 1. The van der Waals surface area contributed by atoms with Crippen molar-refractivity contribution in [3.8, 4) is 5.75 Å². The number of hydrogen-bond acceptors (Lipinski definition) is 3. The van der Waals surface area contributed by atoms with Crippen LogP contribution in [-0.4, -0.2) is 12.5 Å². The highest BCUT2D eigenvalue weighted by molar-refractivity contribution is 9.10. The van der Waals surface area contributed by atoms with Crippen LogP contribution in [0.4, 0.5) is 5.69 Å². The van der Waals surface area contributed by atoms with E-state index in [2.05, 4.69) is 21.2 Å². The van der Waals surface area contributed by atoms with Crippen LogP contribution in [0.2, 0.25) is 0 Å². The summed E-state index contributed by atoms with van der Waals surface area (Å²) in [5.74, 6) is 0.630. The predicted molar refractivity (Wildman–Crippen MR) is 87.3 cm³/mol. The van der Waals surface area contributed by atoms with Gasteiger partial charge in [-0.1, -0.05) is 12.1 Å². The van der Waals surface area contributed by atoms with Crippen molar-refractivity contribution in [1.82, 2.24) is 5.32 Å². The highest BCUT2D eigenvalue weighted by atomic mass is 79.9. The van der Waals surface area contributed by atoms with Crippen LogP contribution in [0.1, 0.15) is 22.8 Å². The lowest BCUT2D eigenvalue weighted by Gasteiger charge is -2.09. The summed E-state index contributed by atoms with van der Waals surface area (Å²) in [6, 6.07) is 12.8. The first-order valence-corrected chi connectivity index (χ1v) is 7.44. The highest BCUT2D eigenvalue weighted by Gasteiger charge is 2.10. The fourth-order valence-corrected chi connectivity index (χ4v) is 2.33. The van der Waals surface area contributed by atoms with Crippen LogP contribution in [0.3, 0.4) is 0 Å². The molecule has 0 aliphatic heterocycles. The Balaban J connectivity index is 2.04. The number of carbonyl (C=O) groups excluding carboxylic acids is 1. The van der Waals surface area contributed by atoms with Gasteiger partial charge in [-0.15, -0.1) is 0 Å². The minimum absolute atomic E-state index is 0.170. The molecule has 2 aromatic rings. The Labute approximate surface area is 132 Å². The van der Waals surface area contributed by atoms with Gasteiger partial charge >= 0.3 is 0 Å². The zero-order valence-corrected chi connectivity index (χ0v) is 13.3. The molecule has 0 heterocycles. The molecule has 3 N–H and O–H groups in total. The largest absolute Gasteiger partial charge is 0.494 e. The second kappa shape index (κ2) is 7.13. The van der Waals surface area contributed by atoms with E-state index in [1.54, 1.807) is 18.2 Å². The molecule has 0 fully saturated rings. The Morgan fingerprint density at radius 2 is 2.10 bits per heavy atom. The summed E-state index contributed by atoms with van der Waals surface area (Å²) in [5.41, 5.74) is 7.77. The van der Waals surface area contributed by atoms with Crippen LogP contribution in [-0.2, 0) is 6.54 Å². The number of rotatable bonds is 5. The number of ether oxygens (including phenoxy) is 1. The lowest BCUT2D eigenvalue weighted by atomic mass is 10.1. The number of nitrogens with two attached hydrogens (primary N) is 1. The predicted octanol–water partition coefficient (Wildman–Crippen LogP) is 3.36. The number of carbonyl (C=O) groups is 1. The summed E-state index contributed by atoms with van der Waals surface area (Å²) in [6.07, 6.45) is 0. The molecule has 1 amide bonds. The molecule has 0 aromatic heterocycles. The lowest BCUT2D eigenvalue weighted by molar-refractivity contribution is 0.0950. The molecule has 0 bridgehead atoms. The standard InChI is InChI=1S/C16H17BrN2O2/c1-2-21-13-5-3-4-11(8-13)10-19-16(20)14-9-12(18)6-7-15(14)17/h3-9H,2,10,18H2,1H3,(H,19,20). The maximum Gasteiger partial charge on any atom is 0.252 e. The molecule has 2 aromatic carbocycles. The van der Waals surface area contributed by atoms with E-state index >= 15 is 0 Å². The molecule has 0 saturated heterocycles. The minimum atomic E-state index is -0.170. The van der Waals surface area contributed by atoms with Crippen molar-refractivity contribution in [3.05, 3.63) is 58.1 Å². The minimum Gasteiger partial charge on any atom is -0.494 e. The van der Waals surface area contributed by atoms with E-state index in [-0.39, 0.29) is 5.91 Å². The van der Waals surface area contributed by atoms with E-state index in [4.69, 9.17) is 10.5 Å². The van der Waals surface area contributed by atoms with Gasteiger partial charge in [0.25, 0.3) is 5.91 Å². The Morgan fingerprint density at radius 3 is 2.86 bits per heavy atom. The quantitative estimate of drug-likeness (QED) is 0.814. The molecule has 2 rings (SSSR count). The second-order valence-corrected chi connectivity index (χ2v) is 5.36. The Hall–Kier alpha value is -2.01. The first kappa shape index (κ1) is 15.4. The van der Waals surface area contributed by atoms with Gasteiger partial charge in [-0.05, 0) is 58.7 Å². The molecule has 110 valence electrons. The third-order valence-electron chi connectivity index (χ3n) is 2.90. The number of benzene rings is 2. The van der Waals surface area contributed by atoms with Crippen LogP contribution in [0, 0.1) is 0 Å². The summed E-state index contributed by atoms with van der Waals surface area (Å²) in [7, 11) is 0. The molecule has 0 aliphatic rings.